The first kappa shape index (κ1) is 13.2. The van der Waals surface area contributed by atoms with E-state index in [1.165, 1.54) is 12.1 Å². The summed E-state index contributed by atoms with van der Waals surface area (Å²) in [6.07, 6.45) is 6.37. The summed E-state index contributed by atoms with van der Waals surface area (Å²) in [5.74, 6) is 1.58. The van der Waals surface area contributed by atoms with Crippen LogP contribution in [0.2, 0.25) is 0 Å². The van der Waals surface area contributed by atoms with Crippen LogP contribution in [-0.4, -0.2) is 11.9 Å². The van der Waals surface area contributed by atoms with Crippen molar-refractivity contribution in [2.75, 3.05) is 0 Å². The Bertz CT molecular complexity index is 448. The molecule has 1 unspecified atom stereocenters. The van der Waals surface area contributed by atoms with Crippen molar-refractivity contribution in [2.45, 2.75) is 32.7 Å². The molecule has 0 radical (unpaired) electrons. The van der Waals surface area contributed by atoms with E-state index in [4.69, 9.17) is 6.42 Å². The normalized spacial score (nSPS) is 11.6. The zero-order valence-corrected chi connectivity index (χ0v) is 10.1. The first-order valence-electron chi connectivity index (χ1n) is 5.59. The molecule has 0 aliphatic rings. The van der Waals surface area contributed by atoms with Crippen LogP contribution in [-0.2, 0) is 0 Å². The molecule has 0 aromatic heterocycles. The third-order valence-electron chi connectivity index (χ3n) is 2.56. The molecule has 0 aliphatic heterocycles. The fourth-order valence-electron chi connectivity index (χ4n) is 1.51. The lowest BCUT2D eigenvalue weighted by Gasteiger charge is -2.14. The van der Waals surface area contributed by atoms with Crippen molar-refractivity contribution in [1.82, 2.24) is 5.32 Å². The zero-order chi connectivity index (χ0) is 12.8. The quantitative estimate of drug-likeness (QED) is 0.796. The van der Waals surface area contributed by atoms with E-state index in [-0.39, 0.29) is 11.6 Å². The number of terminal acetylenes is 1. The molecule has 0 fully saturated rings. The van der Waals surface area contributed by atoms with Crippen molar-refractivity contribution in [3.05, 3.63) is 35.1 Å². The predicted octanol–water partition coefficient (Wildman–Crippen LogP) is 2.67. The van der Waals surface area contributed by atoms with Crippen molar-refractivity contribution in [2.24, 2.45) is 0 Å². The lowest BCUT2D eigenvalue weighted by atomic mass is 10.1. The standard InChI is InChI=1S/C14H16FNO/c1-4-6-11(5-2)16-14(17)12-8-7-10(3)9-13(12)15/h1,7-9,11H,5-6H2,2-3H3,(H,16,17). The minimum atomic E-state index is -0.502. The number of carbonyl (C=O) groups is 1. The molecule has 1 aromatic rings. The Balaban J connectivity index is 2.79. The fourth-order valence-corrected chi connectivity index (χ4v) is 1.51. The van der Waals surface area contributed by atoms with E-state index in [9.17, 15) is 9.18 Å². The first-order chi connectivity index (χ1) is 8.08. The van der Waals surface area contributed by atoms with Crippen molar-refractivity contribution in [3.63, 3.8) is 0 Å². The molecule has 90 valence electrons. The number of rotatable bonds is 4. The number of aryl methyl sites for hydroxylation is 1. The van der Waals surface area contributed by atoms with E-state index in [0.717, 1.165) is 12.0 Å². The van der Waals surface area contributed by atoms with Crippen LogP contribution in [0.5, 0.6) is 0 Å². The van der Waals surface area contributed by atoms with Crippen molar-refractivity contribution < 1.29 is 9.18 Å². The van der Waals surface area contributed by atoms with Crippen LogP contribution in [0.4, 0.5) is 4.39 Å². The number of hydrogen-bond donors (Lipinski definition) is 1. The van der Waals surface area contributed by atoms with Gasteiger partial charge in [0.2, 0.25) is 0 Å². The topological polar surface area (TPSA) is 29.1 Å². The zero-order valence-electron chi connectivity index (χ0n) is 10.1. The Kier molecular flexibility index (Phi) is 4.71. The van der Waals surface area contributed by atoms with Crippen LogP contribution in [0, 0.1) is 25.1 Å². The second-order valence-corrected chi connectivity index (χ2v) is 3.97. The largest absolute Gasteiger partial charge is 0.348 e. The van der Waals surface area contributed by atoms with Crippen molar-refractivity contribution in [1.29, 1.82) is 0 Å². The molecule has 0 spiro atoms. The maximum absolute atomic E-state index is 13.5. The Morgan fingerprint density at radius 2 is 2.29 bits per heavy atom. The highest BCUT2D eigenvalue weighted by atomic mass is 19.1. The molecule has 17 heavy (non-hydrogen) atoms. The van der Waals surface area contributed by atoms with E-state index in [1.54, 1.807) is 13.0 Å². The summed E-state index contributed by atoms with van der Waals surface area (Å²) >= 11 is 0. The molecule has 0 bridgehead atoms. The summed E-state index contributed by atoms with van der Waals surface area (Å²) in [6.45, 7) is 3.70. The van der Waals surface area contributed by atoms with Crippen LogP contribution in [0.25, 0.3) is 0 Å². The number of hydrogen-bond acceptors (Lipinski definition) is 1. The molecule has 1 atom stereocenters. The minimum absolute atomic E-state index is 0.0612. The number of amides is 1. The van der Waals surface area contributed by atoms with Crippen LogP contribution < -0.4 is 5.32 Å². The molecular weight excluding hydrogens is 217 g/mol. The predicted molar refractivity (Wildman–Crippen MR) is 66.1 cm³/mol. The Labute approximate surface area is 101 Å². The second kappa shape index (κ2) is 6.05. The molecule has 1 N–H and O–H groups in total. The fraction of sp³-hybridized carbons (Fsp3) is 0.357. The summed E-state index contributed by atoms with van der Waals surface area (Å²) in [7, 11) is 0. The van der Waals surface area contributed by atoms with Gasteiger partial charge >= 0.3 is 0 Å². The third-order valence-corrected chi connectivity index (χ3v) is 2.56. The average molecular weight is 233 g/mol. The van der Waals surface area contributed by atoms with Crippen molar-refractivity contribution in [3.8, 4) is 12.3 Å². The van der Waals surface area contributed by atoms with Gasteiger partial charge in [0.1, 0.15) is 5.82 Å². The maximum atomic E-state index is 13.5. The Morgan fingerprint density at radius 1 is 1.59 bits per heavy atom. The molecule has 0 saturated carbocycles. The monoisotopic (exact) mass is 233 g/mol. The van der Waals surface area contributed by atoms with Gasteiger partial charge in [-0.2, -0.15) is 0 Å². The summed E-state index contributed by atoms with van der Waals surface area (Å²) in [5.41, 5.74) is 0.848. The number of carbonyl (C=O) groups excluding carboxylic acids is 1. The summed E-state index contributed by atoms with van der Waals surface area (Å²) < 4.78 is 13.5. The van der Waals surface area contributed by atoms with Gasteiger partial charge in [-0.15, -0.1) is 12.3 Å². The molecular formula is C14H16FNO. The van der Waals surface area contributed by atoms with Crippen LogP contribution >= 0.6 is 0 Å². The van der Waals surface area contributed by atoms with E-state index in [2.05, 4.69) is 11.2 Å². The molecule has 0 heterocycles. The molecule has 3 heteroatoms. The lowest BCUT2D eigenvalue weighted by Crippen LogP contribution is -2.34. The molecule has 2 nitrogen and oxygen atoms in total. The van der Waals surface area contributed by atoms with E-state index >= 15 is 0 Å². The average Bonchev–Trinajstić information content (AvgIpc) is 2.28. The van der Waals surface area contributed by atoms with Gasteiger partial charge in [0.25, 0.3) is 5.91 Å². The smallest absolute Gasteiger partial charge is 0.254 e. The number of halogens is 1. The van der Waals surface area contributed by atoms with E-state index in [0.29, 0.717) is 6.42 Å². The minimum Gasteiger partial charge on any atom is -0.348 e. The van der Waals surface area contributed by atoms with Gasteiger partial charge in [0, 0.05) is 12.5 Å². The van der Waals surface area contributed by atoms with E-state index in [1.807, 2.05) is 6.92 Å². The van der Waals surface area contributed by atoms with Crippen LogP contribution in [0.1, 0.15) is 35.7 Å². The SMILES string of the molecule is C#CCC(CC)NC(=O)c1ccc(C)cc1F. The van der Waals surface area contributed by atoms with Gasteiger partial charge in [-0.05, 0) is 31.0 Å². The second-order valence-electron chi connectivity index (χ2n) is 3.97. The molecule has 0 saturated heterocycles. The van der Waals surface area contributed by atoms with Crippen LogP contribution in [0.3, 0.4) is 0 Å². The van der Waals surface area contributed by atoms with Crippen molar-refractivity contribution >= 4 is 5.91 Å². The van der Waals surface area contributed by atoms with Gasteiger partial charge in [-0.3, -0.25) is 4.79 Å². The lowest BCUT2D eigenvalue weighted by molar-refractivity contribution is 0.0932. The highest BCUT2D eigenvalue weighted by Gasteiger charge is 2.14. The highest BCUT2D eigenvalue weighted by Crippen LogP contribution is 2.10. The highest BCUT2D eigenvalue weighted by molar-refractivity contribution is 5.94. The Hall–Kier alpha value is -1.82. The van der Waals surface area contributed by atoms with Gasteiger partial charge in [0.15, 0.2) is 0 Å². The summed E-state index contributed by atoms with van der Waals surface area (Å²) in [4.78, 5) is 11.8. The summed E-state index contributed by atoms with van der Waals surface area (Å²) in [6, 6.07) is 4.44. The Morgan fingerprint density at radius 3 is 2.82 bits per heavy atom. The van der Waals surface area contributed by atoms with E-state index < -0.39 is 11.7 Å². The number of benzene rings is 1. The van der Waals surface area contributed by atoms with Gasteiger partial charge in [0.05, 0.1) is 5.56 Å². The van der Waals surface area contributed by atoms with Gasteiger partial charge in [-0.25, -0.2) is 4.39 Å². The van der Waals surface area contributed by atoms with Gasteiger partial charge in [-0.1, -0.05) is 13.0 Å². The summed E-state index contributed by atoms with van der Waals surface area (Å²) in [5, 5.41) is 2.72. The van der Waals surface area contributed by atoms with Crippen LogP contribution in [0.15, 0.2) is 18.2 Å². The maximum Gasteiger partial charge on any atom is 0.254 e. The molecule has 1 aromatic carbocycles. The third kappa shape index (κ3) is 3.60. The van der Waals surface area contributed by atoms with Gasteiger partial charge < -0.3 is 5.32 Å². The molecule has 0 aliphatic carbocycles. The molecule has 1 rings (SSSR count). The first-order valence-corrected chi connectivity index (χ1v) is 5.59. The number of nitrogens with one attached hydrogen (secondary N) is 1. The molecule has 1 amide bonds.